The molecule has 0 atom stereocenters. The quantitative estimate of drug-likeness (QED) is 0.553. The Hall–Kier alpha value is -3.06. The molecule has 0 aliphatic heterocycles. The zero-order chi connectivity index (χ0) is 18.1. The Bertz CT molecular complexity index is 1070. The molecule has 0 fully saturated rings. The highest BCUT2D eigenvalue weighted by Crippen LogP contribution is 2.29. The first-order chi connectivity index (χ1) is 12.6. The van der Waals surface area contributed by atoms with Gasteiger partial charge in [0, 0.05) is 14.1 Å². The SMILES string of the molecule is CN(C)C(=O)c1nnc(Cc2nc3ccc(-c4ccccc4)cc3s2)o1. The third-order valence-corrected chi connectivity index (χ3v) is 4.92. The van der Waals surface area contributed by atoms with Crippen LogP contribution in [0.4, 0.5) is 0 Å². The average Bonchev–Trinajstić information content (AvgIpc) is 3.27. The number of hydrogen-bond donors (Lipinski definition) is 0. The predicted octanol–water partition coefficient (Wildman–Crippen LogP) is 3.64. The molecule has 7 heteroatoms. The van der Waals surface area contributed by atoms with E-state index in [0.717, 1.165) is 20.8 Å². The molecule has 2 aromatic heterocycles. The van der Waals surface area contributed by atoms with Gasteiger partial charge in [0.05, 0.1) is 16.6 Å². The maximum absolute atomic E-state index is 11.8. The lowest BCUT2D eigenvalue weighted by atomic mass is 10.1. The normalized spacial score (nSPS) is 11.0. The van der Waals surface area contributed by atoms with E-state index in [1.807, 2.05) is 24.3 Å². The number of thiazole rings is 1. The summed E-state index contributed by atoms with van der Waals surface area (Å²) >= 11 is 1.59. The first kappa shape index (κ1) is 16.4. The van der Waals surface area contributed by atoms with Gasteiger partial charge in [-0.1, -0.05) is 36.4 Å². The van der Waals surface area contributed by atoms with Gasteiger partial charge in [-0.3, -0.25) is 4.79 Å². The standard InChI is InChI=1S/C19H16N4O2S/c1-23(2)19(24)18-22-21-16(25-18)11-17-20-14-9-8-13(10-15(14)26-17)12-6-4-3-5-7-12/h3-10H,11H2,1-2H3. The summed E-state index contributed by atoms with van der Waals surface area (Å²) in [5.74, 6) is 0.0792. The molecule has 0 unspecified atom stereocenters. The van der Waals surface area contributed by atoms with Crippen LogP contribution in [-0.4, -0.2) is 40.1 Å². The van der Waals surface area contributed by atoms with Gasteiger partial charge in [-0.15, -0.1) is 21.5 Å². The lowest BCUT2D eigenvalue weighted by Gasteiger charge is -2.04. The van der Waals surface area contributed by atoms with Crippen LogP contribution in [0.3, 0.4) is 0 Å². The van der Waals surface area contributed by atoms with E-state index in [2.05, 4.69) is 39.4 Å². The van der Waals surface area contributed by atoms with Crippen molar-refractivity contribution in [3.8, 4) is 11.1 Å². The summed E-state index contributed by atoms with van der Waals surface area (Å²) in [7, 11) is 3.29. The van der Waals surface area contributed by atoms with Gasteiger partial charge in [0.15, 0.2) is 0 Å². The molecular weight excluding hydrogens is 348 g/mol. The van der Waals surface area contributed by atoms with E-state index < -0.39 is 0 Å². The fraction of sp³-hybridized carbons (Fsp3) is 0.158. The third kappa shape index (κ3) is 3.21. The Morgan fingerprint density at radius 2 is 1.88 bits per heavy atom. The van der Waals surface area contributed by atoms with Crippen LogP contribution in [0.15, 0.2) is 52.9 Å². The summed E-state index contributed by atoms with van der Waals surface area (Å²) in [6, 6.07) is 16.5. The van der Waals surface area contributed by atoms with E-state index in [-0.39, 0.29) is 11.8 Å². The molecule has 0 saturated heterocycles. The monoisotopic (exact) mass is 364 g/mol. The third-order valence-electron chi connectivity index (χ3n) is 3.90. The van der Waals surface area contributed by atoms with E-state index in [1.165, 1.54) is 10.5 Å². The van der Waals surface area contributed by atoms with Crippen molar-refractivity contribution in [1.82, 2.24) is 20.1 Å². The van der Waals surface area contributed by atoms with Crippen molar-refractivity contribution < 1.29 is 9.21 Å². The maximum atomic E-state index is 11.8. The fourth-order valence-electron chi connectivity index (χ4n) is 2.59. The Morgan fingerprint density at radius 1 is 1.08 bits per heavy atom. The van der Waals surface area contributed by atoms with Gasteiger partial charge in [0.25, 0.3) is 0 Å². The summed E-state index contributed by atoms with van der Waals surface area (Å²) < 4.78 is 6.56. The first-order valence-electron chi connectivity index (χ1n) is 8.09. The summed E-state index contributed by atoms with van der Waals surface area (Å²) in [6.07, 6.45) is 0.410. The molecule has 0 N–H and O–H groups in total. The summed E-state index contributed by atoms with van der Waals surface area (Å²) in [4.78, 5) is 17.9. The molecule has 1 amide bonds. The van der Waals surface area contributed by atoms with Gasteiger partial charge in [0.2, 0.25) is 5.89 Å². The van der Waals surface area contributed by atoms with E-state index in [1.54, 1.807) is 25.4 Å². The number of nitrogens with zero attached hydrogens (tertiary/aromatic N) is 4. The second kappa shape index (κ2) is 6.68. The lowest BCUT2D eigenvalue weighted by Crippen LogP contribution is -2.21. The van der Waals surface area contributed by atoms with Crippen LogP contribution in [0.25, 0.3) is 21.3 Å². The maximum Gasteiger partial charge on any atom is 0.310 e. The van der Waals surface area contributed by atoms with Crippen molar-refractivity contribution in [1.29, 1.82) is 0 Å². The summed E-state index contributed by atoms with van der Waals surface area (Å²) in [6.45, 7) is 0. The van der Waals surface area contributed by atoms with Crippen molar-refractivity contribution in [3.05, 3.63) is 65.3 Å². The highest BCUT2D eigenvalue weighted by molar-refractivity contribution is 7.18. The smallest absolute Gasteiger partial charge is 0.310 e. The Kier molecular flexibility index (Phi) is 4.22. The molecule has 4 rings (SSSR count). The Balaban J connectivity index is 1.59. The molecular formula is C19H16N4O2S. The molecule has 2 heterocycles. The van der Waals surface area contributed by atoms with E-state index in [9.17, 15) is 4.79 Å². The lowest BCUT2D eigenvalue weighted by molar-refractivity contribution is 0.0787. The number of fused-ring (bicyclic) bond motifs is 1. The minimum Gasteiger partial charge on any atom is -0.416 e. The number of amides is 1. The molecule has 2 aromatic carbocycles. The Morgan fingerprint density at radius 3 is 2.65 bits per heavy atom. The summed E-state index contributed by atoms with van der Waals surface area (Å²) in [5.41, 5.74) is 3.27. The molecule has 0 saturated carbocycles. The molecule has 0 aliphatic carbocycles. The van der Waals surface area contributed by atoms with Crippen LogP contribution in [-0.2, 0) is 6.42 Å². The van der Waals surface area contributed by atoms with Gasteiger partial charge < -0.3 is 9.32 Å². The molecule has 0 bridgehead atoms. The molecule has 0 spiro atoms. The number of carbonyl (C=O) groups excluding carboxylic acids is 1. The first-order valence-corrected chi connectivity index (χ1v) is 8.91. The second-order valence-electron chi connectivity index (χ2n) is 6.03. The van der Waals surface area contributed by atoms with Gasteiger partial charge in [-0.2, -0.15) is 0 Å². The highest BCUT2D eigenvalue weighted by atomic mass is 32.1. The Labute approximate surface area is 154 Å². The molecule has 0 aliphatic rings. The second-order valence-corrected chi connectivity index (χ2v) is 7.15. The van der Waals surface area contributed by atoms with Crippen molar-refractivity contribution in [3.63, 3.8) is 0 Å². The zero-order valence-corrected chi connectivity index (χ0v) is 15.2. The number of rotatable bonds is 4. The number of benzene rings is 2. The fourth-order valence-corrected chi connectivity index (χ4v) is 3.59. The number of aromatic nitrogens is 3. The largest absolute Gasteiger partial charge is 0.416 e. The van der Waals surface area contributed by atoms with Crippen molar-refractivity contribution in [2.45, 2.75) is 6.42 Å². The topological polar surface area (TPSA) is 72.1 Å². The minimum atomic E-state index is -0.305. The predicted molar refractivity (Wildman–Crippen MR) is 100 cm³/mol. The van der Waals surface area contributed by atoms with Crippen molar-refractivity contribution >= 4 is 27.5 Å². The molecule has 0 radical (unpaired) electrons. The highest BCUT2D eigenvalue weighted by Gasteiger charge is 2.17. The molecule has 6 nitrogen and oxygen atoms in total. The van der Waals surface area contributed by atoms with Gasteiger partial charge in [-0.25, -0.2) is 4.98 Å². The van der Waals surface area contributed by atoms with E-state index in [4.69, 9.17) is 4.42 Å². The average molecular weight is 364 g/mol. The van der Waals surface area contributed by atoms with Crippen LogP contribution in [0.2, 0.25) is 0 Å². The van der Waals surface area contributed by atoms with Crippen molar-refractivity contribution in [2.24, 2.45) is 0 Å². The summed E-state index contributed by atoms with van der Waals surface area (Å²) in [5, 5.41) is 8.64. The van der Waals surface area contributed by atoms with Gasteiger partial charge in [-0.05, 0) is 23.3 Å². The minimum absolute atomic E-state index is 0.00234. The van der Waals surface area contributed by atoms with Gasteiger partial charge >= 0.3 is 11.8 Å². The van der Waals surface area contributed by atoms with E-state index in [0.29, 0.717) is 12.3 Å². The van der Waals surface area contributed by atoms with Crippen LogP contribution >= 0.6 is 11.3 Å². The number of carbonyl (C=O) groups is 1. The van der Waals surface area contributed by atoms with Gasteiger partial charge in [0.1, 0.15) is 5.01 Å². The van der Waals surface area contributed by atoms with Crippen LogP contribution in [0, 0.1) is 0 Å². The number of hydrogen-bond acceptors (Lipinski definition) is 6. The van der Waals surface area contributed by atoms with Crippen LogP contribution < -0.4 is 0 Å². The van der Waals surface area contributed by atoms with E-state index >= 15 is 0 Å². The van der Waals surface area contributed by atoms with Crippen LogP contribution in [0.1, 0.15) is 21.6 Å². The van der Waals surface area contributed by atoms with Crippen LogP contribution in [0.5, 0.6) is 0 Å². The van der Waals surface area contributed by atoms with Crippen molar-refractivity contribution in [2.75, 3.05) is 14.1 Å². The molecule has 130 valence electrons. The molecule has 26 heavy (non-hydrogen) atoms. The zero-order valence-electron chi connectivity index (χ0n) is 14.3. The molecule has 4 aromatic rings.